The topological polar surface area (TPSA) is 58.1 Å². The number of hydrogen-bond donors (Lipinski definition) is 1. The Kier molecular flexibility index (Phi) is 4.62. The molecule has 1 amide bonds. The fourth-order valence-corrected chi connectivity index (χ4v) is 1.80. The summed E-state index contributed by atoms with van der Waals surface area (Å²) in [4.78, 5) is 21.2. The number of carbonyl (C=O) groups excluding carboxylic acids is 1. The van der Waals surface area contributed by atoms with Crippen LogP contribution in [-0.2, 0) is 4.79 Å². The van der Waals surface area contributed by atoms with Crippen molar-refractivity contribution >= 4 is 43.6 Å². The van der Waals surface area contributed by atoms with Crippen LogP contribution >= 0.6 is 31.9 Å². The van der Waals surface area contributed by atoms with E-state index < -0.39 is 0 Å². The van der Waals surface area contributed by atoms with Crippen molar-refractivity contribution in [1.29, 1.82) is 0 Å². The highest BCUT2D eigenvalue weighted by molar-refractivity contribution is 9.11. The number of likely N-dealkylation sites (N-methyl/N-ethyl adjacent to an activating group) is 1. The van der Waals surface area contributed by atoms with Crippen molar-refractivity contribution in [3.8, 4) is 0 Å². The van der Waals surface area contributed by atoms with E-state index in [9.17, 15) is 4.79 Å². The Balaban J connectivity index is 2.68. The van der Waals surface area contributed by atoms with E-state index in [4.69, 9.17) is 0 Å². The first-order valence-corrected chi connectivity index (χ1v) is 5.70. The summed E-state index contributed by atoms with van der Waals surface area (Å²) in [5.41, 5.74) is 0. The van der Waals surface area contributed by atoms with Crippen molar-refractivity contribution in [2.24, 2.45) is 0 Å². The van der Waals surface area contributed by atoms with Crippen LogP contribution in [-0.4, -0.2) is 41.4 Å². The maximum absolute atomic E-state index is 11.4. The summed E-state index contributed by atoms with van der Waals surface area (Å²) in [5, 5.41) is 2.65. The molecule has 0 spiro atoms. The molecule has 0 aliphatic carbocycles. The number of nitrogens with zero attached hydrogens (tertiary/aromatic N) is 3. The average Bonchev–Trinajstić information content (AvgIpc) is 2.08. The molecule has 5 nitrogen and oxygen atoms in total. The Bertz CT molecular complexity index is 370. The van der Waals surface area contributed by atoms with E-state index in [2.05, 4.69) is 47.1 Å². The summed E-state index contributed by atoms with van der Waals surface area (Å²) in [5.74, 6) is 0.294. The molecule has 7 heteroatoms. The predicted molar refractivity (Wildman–Crippen MR) is 64.6 cm³/mol. The molecule has 1 aromatic heterocycles. The van der Waals surface area contributed by atoms with Crippen molar-refractivity contribution in [3.63, 3.8) is 0 Å². The van der Waals surface area contributed by atoms with Crippen LogP contribution in [0.3, 0.4) is 0 Å². The highest BCUT2D eigenvalue weighted by atomic mass is 79.9. The first-order valence-electron chi connectivity index (χ1n) is 4.11. The number of aromatic nitrogens is 2. The lowest BCUT2D eigenvalue weighted by molar-refractivity contribution is -0.116. The van der Waals surface area contributed by atoms with Gasteiger partial charge in [-0.1, -0.05) is 0 Å². The van der Waals surface area contributed by atoms with E-state index in [-0.39, 0.29) is 5.91 Å². The first-order chi connectivity index (χ1) is 6.99. The minimum atomic E-state index is -0.127. The molecule has 1 rings (SSSR count). The molecule has 0 aliphatic rings. The van der Waals surface area contributed by atoms with Gasteiger partial charge in [-0.25, -0.2) is 9.97 Å². The standard InChI is InChI=1S/C8H10Br2N4O/c1-14(2)4-6(15)13-8-7(10)12-5(9)3-11-8/h3H,4H2,1-2H3,(H,11,13,15). The van der Waals surface area contributed by atoms with E-state index >= 15 is 0 Å². The second-order valence-electron chi connectivity index (χ2n) is 3.12. The van der Waals surface area contributed by atoms with Crippen LogP contribution in [0.15, 0.2) is 15.4 Å². The molecule has 0 aromatic carbocycles. The maximum Gasteiger partial charge on any atom is 0.239 e. The summed E-state index contributed by atoms with van der Waals surface area (Å²) in [6, 6.07) is 0. The highest BCUT2D eigenvalue weighted by Crippen LogP contribution is 2.18. The molecular weight excluding hydrogens is 328 g/mol. The Morgan fingerprint density at radius 3 is 2.73 bits per heavy atom. The third-order valence-electron chi connectivity index (χ3n) is 1.42. The van der Waals surface area contributed by atoms with Crippen LogP contribution < -0.4 is 5.32 Å². The van der Waals surface area contributed by atoms with Gasteiger partial charge in [-0.05, 0) is 46.0 Å². The third-order valence-corrected chi connectivity index (χ3v) is 2.35. The van der Waals surface area contributed by atoms with Crippen LogP contribution in [0.4, 0.5) is 5.82 Å². The Morgan fingerprint density at radius 2 is 2.20 bits per heavy atom. The lowest BCUT2D eigenvalue weighted by Gasteiger charge is -2.10. The lowest BCUT2D eigenvalue weighted by atomic mass is 10.5. The molecule has 0 saturated heterocycles. The van der Waals surface area contributed by atoms with Gasteiger partial charge in [0.05, 0.1) is 12.7 Å². The SMILES string of the molecule is CN(C)CC(=O)Nc1ncc(Br)nc1Br. The quantitative estimate of drug-likeness (QED) is 0.908. The van der Waals surface area contributed by atoms with Gasteiger partial charge in [0.2, 0.25) is 5.91 Å². The summed E-state index contributed by atoms with van der Waals surface area (Å²) in [6.45, 7) is 0.310. The maximum atomic E-state index is 11.4. The second-order valence-corrected chi connectivity index (χ2v) is 4.68. The third kappa shape index (κ3) is 4.23. The number of nitrogens with one attached hydrogen (secondary N) is 1. The molecule has 15 heavy (non-hydrogen) atoms. The molecule has 1 aromatic rings. The number of rotatable bonds is 3. The fraction of sp³-hybridized carbons (Fsp3) is 0.375. The van der Waals surface area contributed by atoms with E-state index in [1.54, 1.807) is 4.90 Å². The summed E-state index contributed by atoms with van der Waals surface area (Å²) >= 11 is 6.39. The van der Waals surface area contributed by atoms with Crippen molar-refractivity contribution in [1.82, 2.24) is 14.9 Å². The van der Waals surface area contributed by atoms with Crippen LogP contribution in [0.25, 0.3) is 0 Å². The van der Waals surface area contributed by atoms with E-state index in [0.29, 0.717) is 21.6 Å². The monoisotopic (exact) mass is 336 g/mol. The van der Waals surface area contributed by atoms with Gasteiger partial charge in [-0.2, -0.15) is 0 Å². The van der Waals surface area contributed by atoms with Gasteiger partial charge in [-0.15, -0.1) is 0 Å². The largest absolute Gasteiger partial charge is 0.307 e. The molecule has 1 N–H and O–H groups in total. The number of anilines is 1. The van der Waals surface area contributed by atoms with Crippen LogP contribution in [0.5, 0.6) is 0 Å². The zero-order valence-corrected chi connectivity index (χ0v) is 11.5. The molecule has 0 radical (unpaired) electrons. The second kappa shape index (κ2) is 5.53. The fourth-order valence-electron chi connectivity index (χ4n) is 0.889. The lowest BCUT2D eigenvalue weighted by Crippen LogP contribution is -2.27. The van der Waals surface area contributed by atoms with Gasteiger partial charge in [0.25, 0.3) is 0 Å². The highest BCUT2D eigenvalue weighted by Gasteiger charge is 2.08. The molecule has 0 bridgehead atoms. The molecule has 1 heterocycles. The average molecular weight is 338 g/mol. The van der Waals surface area contributed by atoms with Crippen molar-refractivity contribution in [2.75, 3.05) is 26.0 Å². The first kappa shape index (κ1) is 12.5. The minimum Gasteiger partial charge on any atom is -0.307 e. The van der Waals surface area contributed by atoms with Crippen molar-refractivity contribution in [3.05, 3.63) is 15.4 Å². The molecule has 0 saturated carbocycles. The molecule has 0 fully saturated rings. The van der Waals surface area contributed by atoms with E-state index in [1.807, 2.05) is 14.1 Å². The van der Waals surface area contributed by atoms with Gasteiger partial charge in [0, 0.05) is 0 Å². The zero-order chi connectivity index (χ0) is 11.4. The molecular formula is C8H10Br2N4O. The number of amides is 1. The summed E-state index contributed by atoms with van der Waals surface area (Å²) in [6.07, 6.45) is 1.52. The van der Waals surface area contributed by atoms with Gasteiger partial charge in [0.15, 0.2) is 5.82 Å². The smallest absolute Gasteiger partial charge is 0.239 e. The Hall–Kier alpha value is -0.530. The molecule has 0 aliphatic heterocycles. The predicted octanol–water partition coefficient (Wildman–Crippen LogP) is 1.50. The van der Waals surface area contributed by atoms with Gasteiger partial charge < -0.3 is 10.2 Å². The van der Waals surface area contributed by atoms with Crippen molar-refractivity contribution < 1.29 is 4.79 Å². The molecule has 0 unspecified atom stereocenters. The molecule has 0 atom stereocenters. The summed E-state index contributed by atoms with van der Waals surface area (Å²) in [7, 11) is 3.64. The van der Waals surface area contributed by atoms with Crippen LogP contribution in [0.1, 0.15) is 0 Å². The van der Waals surface area contributed by atoms with Gasteiger partial charge in [-0.3, -0.25) is 4.79 Å². The van der Waals surface area contributed by atoms with Crippen molar-refractivity contribution in [2.45, 2.75) is 0 Å². The molecule has 82 valence electrons. The Labute approximate surface area is 105 Å². The summed E-state index contributed by atoms with van der Waals surface area (Å²) < 4.78 is 1.11. The van der Waals surface area contributed by atoms with Crippen LogP contribution in [0.2, 0.25) is 0 Å². The van der Waals surface area contributed by atoms with Crippen LogP contribution in [0, 0.1) is 0 Å². The normalized spacial score (nSPS) is 10.5. The Morgan fingerprint density at radius 1 is 1.53 bits per heavy atom. The van der Waals surface area contributed by atoms with E-state index in [1.165, 1.54) is 6.20 Å². The number of hydrogen-bond acceptors (Lipinski definition) is 4. The van der Waals surface area contributed by atoms with Gasteiger partial charge in [0.1, 0.15) is 9.21 Å². The minimum absolute atomic E-state index is 0.127. The number of carbonyl (C=O) groups is 1. The zero-order valence-electron chi connectivity index (χ0n) is 8.29. The van der Waals surface area contributed by atoms with Gasteiger partial charge >= 0.3 is 0 Å². The van der Waals surface area contributed by atoms with E-state index in [0.717, 1.165) is 0 Å². The number of halogens is 2.